The Morgan fingerprint density at radius 3 is 2.45 bits per heavy atom. The van der Waals surface area contributed by atoms with Gasteiger partial charge in [-0.3, -0.25) is 0 Å². The Balaban J connectivity index is 3.34. The third kappa shape index (κ3) is 6.28. The Hall–Kier alpha value is -0.120. The maximum atomic E-state index is 8.60. The maximum absolute atomic E-state index is 8.60. The maximum Gasteiger partial charge on any atom is 0.159 e. The Kier molecular flexibility index (Phi) is 7.89. The second-order valence-corrected chi connectivity index (χ2v) is 2.27. The molecule has 1 unspecified atom stereocenters. The molecule has 0 aliphatic rings. The van der Waals surface area contributed by atoms with E-state index >= 15 is 0 Å². The molecule has 0 aromatic rings. The van der Waals surface area contributed by atoms with Crippen LogP contribution in [0.15, 0.2) is 0 Å². The molecule has 3 heteroatoms. The van der Waals surface area contributed by atoms with E-state index in [0.717, 1.165) is 6.42 Å². The van der Waals surface area contributed by atoms with Gasteiger partial charge in [-0.05, 0) is 13.3 Å². The molecule has 0 saturated heterocycles. The first-order valence-electron chi connectivity index (χ1n) is 4.19. The monoisotopic (exact) mass is 162 g/mol. The third-order valence-electron chi connectivity index (χ3n) is 1.23. The Labute approximate surface area is 68.3 Å². The summed E-state index contributed by atoms with van der Waals surface area (Å²) in [5.41, 5.74) is 0. The van der Waals surface area contributed by atoms with Crippen molar-refractivity contribution < 1.29 is 14.6 Å². The summed E-state index contributed by atoms with van der Waals surface area (Å²) >= 11 is 0. The van der Waals surface area contributed by atoms with Crippen LogP contribution in [0.25, 0.3) is 0 Å². The summed E-state index contributed by atoms with van der Waals surface area (Å²) < 4.78 is 10.5. The number of hydrogen-bond acceptors (Lipinski definition) is 3. The molecule has 0 aromatic heterocycles. The largest absolute Gasteiger partial charge is 0.396 e. The van der Waals surface area contributed by atoms with Gasteiger partial charge in [0.25, 0.3) is 0 Å². The summed E-state index contributed by atoms with van der Waals surface area (Å²) in [6.45, 7) is 5.41. The van der Waals surface area contributed by atoms with Crippen molar-refractivity contribution in [3.05, 3.63) is 0 Å². The van der Waals surface area contributed by atoms with Crippen LogP contribution in [0.3, 0.4) is 0 Å². The van der Waals surface area contributed by atoms with Crippen molar-refractivity contribution in [2.45, 2.75) is 33.0 Å². The average Bonchev–Trinajstić information content (AvgIpc) is 2.01. The number of hydrogen-bond donors (Lipinski definition) is 1. The van der Waals surface area contributed by atoms with Crippen LogP contribution >= 0.6 is 0 Å². The van der Waals surface area contributed by atoms with Crippen LogP contribution in [0.4, 0.5) is 0 Å². The predicted octanol–water partition coefficient (Wildman–Crippen LogP) is 1.16. The number of aliphatic hydroxyl groups excluding tert-OH is 1. The van der Waals surface area contributed by atoms with E-state index in [0.29, 0.717) is 19.6 Å². The lowest BCUT2D eigenvalue weighted by molar-refractivity contribution is -0.146. The summed E-state index contributed by atoms with van der Waals surface area (Å²) in [7, 11) is 0. The Bertz CT molecular complexity index is 69.7. The summed E-state index contributed by atoms with van der Waals surface area (Å²) in [6.07, 6.45) is 1.33. The van der Waals surface area contributed by atoms with Gasteiger partial charge in [-0.2, -0.15) is 0 Å². The Morgan fingerprint density at radius 2 is 2.00 bits per heavy atom. The number of ether oxygens (including phenoxy) is 2. The molecule has 0 radical (unpaired) electrons. The zero-order valence-electron chi connectivity index (χ0n) is 7.38. The lowest BCUT2D eigenvalue weighted by Gasteiger charge is -2.15. The van der Waals surface area contributed by atoms with Crippen LogP contribution in [0, 0.1) is 0 Å². The van der Waals surface area contributed by atoms with Crippen molar-refractivity contribution in [1.82, 2.24) is 0 Å². The van der Waals surface area contributed by atoms with Gasteiger partial charge in [0.1, 0.15) is 0 Å². The van der Waals surface area contributed by atoms with Crippen LogP contribution in [0.5, 0.6) is 0 Å². The van der Waals surface area contributed by atoms with Crippen LogP contribution in [-0.4, -0.2) is 31.2 Å². The van der Waals surface area contributed by atoms with Crippen molar-refractivity contribution >= 4 is 0 Å². The van der Waals surface area contributed by atoms with E-state index in [4.69, 9.17) is 14.6 Å². The molecular weight excluding hydrogens is 144 g/mol. The first-order chi connectivity index (χ1) is 5.35. The van der Waals surface area contributed by atoms with Gasteiger partial charge < -0.3 is 14.6 Å². The van der Waals surface area contributed by atoms with E-state index in [9.17, 15) is 0 Å². The highest BCUT2D eigenvalue weighted by Crippen LogP contribution is 2.00. The van der Waals surface area contributed by atoms with E-state index < -0.39 is 0 Å². The number of aliphatic hydroxyl groups is 1. The van der Waals surface area contributed by atoms with Gasteiger partial charge in [-0.25, -0.2) is 0 Å². The number of rotatable bonds is 7. The minimum atomic E-state index is -0.218. The van der Waals surface area contributed by atoms with E-state index in [1.807, 2.05) is 13.8 Å². The standard InChI is InChI=1S/C8H18O3/c1-3-7-11-8(5-6-9)10-4-2/h8-9H,3-7H2,1-2H3. The minimum absolute atomic E-state index is 0.119. The van der Waals surface area contributed by atoms with Gasteiger partial charge >= 0.3 is 0 Å². The highest BCUT2D eigenvalue weighted by molar-refractivity contribution is 4.42. The summed E-state index contributed by atoms with van der Waals surface area (Å²) in [5.74, 6) is 0. The molecule has 0 rings (SSSR count). The van der Waals surface area contributed by atoms with Gasteiger partial charge in [0.15, 0.2) is 6.29 Å². The molecule has 0 heterocycles. The van der Waals surface area contributed by atoms with Gasteiger partial charge in [-0.1, -0.05) is 6.92 Å². The highest BCUT2D eigenvalue weighted by atomic mass is 16.7. The molecule has 68 valence electrons. The zero-order chi connectivity index (χ0) is 8.53. The van der Waals surface area contributed by atoms with Crippen LogP contribution < -0.4 is 0 Å². The van der Waals surface area contributed by atoms with Crippen LogP contribution in [0.1, 0.15) is 26.7 Å². The molecule has 11 heavy (non-hydrogen) atoms. The Morgan fingerprint density at radius 1 is 1.27 bits per heavy atom. The second kappa shape index (κ2) is 7.98. The molecule has 0 fully saturated rings. The minimum Gasteiger partial charge on any atom is -0.396 e. The van der Waals surface area contributed by atoms with Crippen molar-refractivity contribution in [2.75, 3.05) is 19.8 Å². The molecule has 0 aromatic carbocycles. The second-order valence-electron chi connectivity index (χ2n) is 2.27. The fourth-order valence-electron chi connectivity index (χ4n) is 0.755. The van der Waals surface area contributed by atoms with Crippen molar-refractivity contribution in [3.8, 4) is 0 Å². The third-order valence-corrected chi connectivity index (χ3v) is 1.23. The predicted molar refractivity (Wildman–Crippen MR) is 43.4 cm³/mol. The lowest BCUT2D eigenvalue weighted by atomic mass is 10.4. The topological polar surface area (TPSA) is 38.7 Å². The van der Waals surface area contributed by atoms with E-state index in [1.54, 1.807) is 0 Å². The van der Waals surface area contributed by atoms with E-state index in [1.165, 1.54) is 0 Å². The van der Waals surface area contributed by atoms with Crippen LogP contribution in [0.2, 0.25) is 0 Å². The van der Waals surface area contributed by atoms with Gasteiger partial charge in [0.2, 0.25) is 0 Å². The summed E-state index contributed by atoms with van der Waals surface area (Å²) in [4.78, 5) is 0. The van der Waals surface area contributed by atoms with Gasteiger partial charge in [0, 0.05) is 26.2 Å². The van der Waals surface area contributed by atoms with Gasteiger partial charge in [0.05, 0.1) is 0 Å². The highest BCUT2D eigenvalue weighted by Gasteiger charge is 2.05. The lowest BCUT2D eigenvalue weighted by Crippen LogP contribution is -2.19. The zero-order valence-corrected chi connectivity index (χ0v) is 7.38. The summed E-state index contributed by atoms with van der Waals surface area (Å²) in [6, 6.07) is 0. The van der Waals surface area contributed by atoms with Crippen LogP contribution in [-0.2, 0) is 9.47 Å². The normalized spacial score (nSPS) is 13.4. The molecule has 3 nitrogen and oxygen atoms in total. The fraction of sp³-hybridized carbons (Fsp3) is 1.00. The molecule has 1 N–H and O–H groups in total. The quantitative estimate of drug-likeness (QED) is 0.571. The SMILES string of the molecule is CCCOC(CCO)OCC. The van der Waals surface area contributed by atoms with E-state index in [-0.39, 0.29) is 12.9 Å². The van der Waals surface area contributed by atoms with E-state index in [2.05, 4.69) is 0 Å². The fourth-order valence-corrected chi connectivity index (χ4v) is 0.755. The molecule has 0 bridgehead atoms. The van der Waals surface area contributed by atoms with Crippen molar-refractivity contribution in [2.24, 2.45) is 0 Å². The molecule has 0 spiro atoms. The first-order valence-corrected chi connectivity index (χ1v) is 4.19. The first kappa shape index (κ1) is 10.9. The van der Waals surface area contributed by atoms with Crippen molar-refractivity contribution in [1.29, 1.82) is 0 Å². The molecule has 1 atom stereocenters. The molecule has 0 aliphatic carbocycles. The molecule has 0 amide bonds. The molecule has 0 aliphatic heterocycles. The molecular formula is C8H18O3. The summed E-state index contributed by atoms with van der Waals surface area (Å²) in [5, 5.41) is 8.60. The van der Waals surface area contributed by atoms with Crippen molar-refractivity contribution in [3.63, 3.8) is 0 Å². The smallest absolute Gasteiger partial charge is 0.159 e. The average molecular weight is 162 g/mol. The van der Waals surface area contributed by atoms with Gasteiger partial charge in [-0.15, -0.1) is 0 Å². The molecule has 0 saturated carbocycles.